The van der Waals surface area contributed by atoms with E-state index in [-0.39, 0.29) is 5.75 Å². The lowest BCUT2D eigenvalue weighted by Crippen LogP contribution is -2.63. The maximum Gasteiger partial charge on any atom is 0.460 e. The van der Waals surface area contributed by atoms with E-state index in [0.29, 0.717) is 24.3 Å². The summed E-state index contributed by atoms with van der Waals surface area (Å²) in [6.07, 6.45) is -7.01. The van der Waals surface area contributed by atoms with Crippen LogP contribution in [0, 0.1) is 0 Å². The summed E-state index contributed by atoms with van der Waals surface area (Å²) in [5.74, 6) is -24.7. The lowest BCUT2D eigenvalue weighted by Gasteiger charge is -2.32. The van der Waals surface area contributed by atoms with Gasteiger partial charge >= 0.3 is 29.9 Å². The lowest BCUT2D eigenvalue weighted by molar-refractivity contribution is -0.386. The highest BCUT2D eigenvalue weighted by atomic mass is 19.4. The standard InChI is InChI=1S/C13H7F9O3/c1-6(23)25-8-4-2-7(3-5-8)9(24)10(14,15)11(16,17)12(18,19)13(20,21)22/h2-5H,1H3. The number of rotatable bonds is 5. The van der Waals surface area contributed by atoms with Gasteiger partial charge < -0.3 is 4.74 Å². The molecule has 0 heterocycles. The summed E-state index contributed by atoms with van der Waals surface area (Å²) in [6, 6.07) is 2.17. The molecule has 3 nitrogen and oxygen atoms in total. The zero-order chi connectivity index (χ0) is 19.8. The third-order valence-corrected chi connectivity index (χ3v) is 2.81. The van der Waals surface area contributed by atoms with Crippen LogP contribution in [0.25, 0.3) is 0 Å². The van der Waals surface area contributed by atoms with E-state index >= 15 is 0 Å². The van der Waals surface area contributed by atoms with Crippen LogP contribution >= 0.6 is 0 Å². The zero-order valence-corrected chi connectivity index (χ0v) is 11.9. The number of ether oxygens (including phenoxy) is 1. The van der Waals surface area contributed by atoms with Crippen LogP contribution in [0.15, 0.2) is 24.3 Å². The molecule has 0 unspecified atom stereocenters. The number of esters is 1. The number of halogens is 9. The number of Topliss-reactive ketones (excluding diaryl/α,β-unsaturated/α-hetero) is 1. The molecule has 1 rings (SSSR count). The second kappa shape index (κ2) is 6.23. The van der Waals surface area contributed by atoms with Crippen molar-refractivity contribution in [1.29, 1.82) is 0 Å². The molecule has 12 heteroatoms. The summed E-state index contributed by atoms with van der Waals surface area (Å²) in [7, 11) is 0. The number of ketones is 1. The smallest absolute Gasteiger partial charge is 0.427 e. The van der Waals surface area contributed by atoms with Gasteiger partial charge in [-0.3, -0.25) is 9.59 Å². The summed E-state index contributed by atoms with van der Waals surface area (Å²) >= 11 is 0. The van der Waals surface area contributed by atoms with Gasteiger partial charge in [0.05, 0.1) is 0 Å². The highest BCUT2D eigenvalue weighted by molar-refractivity contribution is 6.02. The first kappa shape index (κ1) is 20.8. The van der Waals surface area contributed by atoms with Crippen LogP contribution in [0.2, 0.25) is 0 Å². The van der Waals surface area contributed by atoms with Crippen molar-refractivity contribution < 1.29 is 53.8 Å². The number of hydrogen-bond donors (Lipinski definition) is 0. The molecule has 0 fully saturated rings. The number of carbonyl (C=O) groups excluding carboxylic acids is 2. The molecule has 0 aromatic heterocycles. The molecule has 0 bridgehead atoms. The van der Waals surface area contributed by atoms with Gasteiger partial charge in [-0.15, -0.1) is 0 Å². The first-order valence-corrected chi connectivity index (χ1v) is 6.09. The fourth-order valence-corrected chi connectivity index (χ4v) is 1.54. The van der Waals surface area contributed by atoms with Crippen molar-refractivity contribution in [1.82, 2.24) is 0 Å². The van der Waals surface area contributed by atoms with Crippen molar-refractivity contribution in [3.63, 3.8) is 0 Å². The monoisotopic (exact) mass is 382 g/mol. The molecule has 25 heavy (non-hydrogen) atoms. The van der Waals surface area contributed by atoms with E-state index in [0.717, 1.165) is 6.92 Å². The largest absolute Gasteiger partial charge is 0.460 e. The normalized spacial score (nSPS) is 13.5. The summed E-state index contributed by atoms with van der Waals surface area (Å²) in [5.41, 5.74) is -1.29. The van der Waals surface area contributed by atoms with E-state index in [1.807, 2.05) is 0 Å². The topological polar surface area (TPSA) is 43.4 Å². The molecular formula is C13H7F9O3. The maximum absolute atomic E-state index is 13.5. The fourth-order valence-electron chi connectivity index (χ4n) is 1.54. The molecule has 0 radical (unpaired) electrons. The van der Waals surface area contributed by atoms with Crippen molar-refractivity contribution in [2.75, 3.05) is 0 Å². The van der Waals surface area contributed by atoms with Crippen molar-refractivity contribution >= 4 is 11.8 Å². The number of benzene rings is 1. The Morgan fingerprint density at radius 1 is 0.800 bits per heavy atom. The Bertz CT molecular complexity index is 662. The van der Waals surface area contributed by atoms with E-state index in [9.17, 15) is 49.1 Å². The van der Waals surface area contributed by atoms with Crippen LogP contribution in [0.3, 0.4) is 0 Å². The molecule has 0 saturated heterocycles. The number of carbonyl (C=O) groups is 2. The van der Waals surface area contributed by atoms with Gasteiger partial charge in [0.1, 0.15) is 5.75 Å². The van der Waals surface area contributed by atoms with E-state index in [1.54, 1.807) is 0 Å². The molecule has 1 aromatic carbocycles. The lowest BCUT2D eigenvalue weighted by atomic mass is 9.96. The minimum atomic E-state index is -7.16. The molecule has 0 saturated carbocycles. The Kier molecular flexibility index (Phi) is 5.17. The van der Waals surface area contributed by atoms with Crippen molar-refractivity contribution in [2.45, 2.75) is 30.9 Å². The fraction of sp³-hybridized carbons (Fsp3) is 0.385. The Balaban J connectivity index is 3.24. The molecule has 1 aromatic rings. The summed E-state index contributed by atoms with van der Waals surface area (Å²) in [5, 5.41) is 0. The molecule has 0 aliphatic rings. The van der Waals surface area contributed by atoms with Gasteiger partial charge in [0.2, 0.25) is 5.78 Å². The summed E-state index contributed by atoms with van der Waals surface area (Å²) in [4.78, 5) is 22.0. The number of alkyl halides is 9. The molecular weight excluding hydrogens is 375 g/mol. The van der Waals surface area contributed by atoms with Crippen LogP contribution in [0.5, 0.6) is 5.75 Å². The Morgan fingerprint density at radius 2 is 1.24 bits per heavy atom. The third-order valence-electron chi connectivity index (χ3n) is 2.81. The Morgan fingerprint density at radius 3 is 1.60 bits per heavy atom. The van der Waals surface area contributed by atoms with Gasteiger partial charge in [0.25, 0.3) is 0 Å². The SMILES string of the molecule is CC(=O)Oc1ccc(C(=O)C(F)(F)C(F)(F)C(F)(F)C(F)(F)F)cc1. The maximum atomic E-state index is 13.5. The van der Waals surface area contributed by atoms with Crippen molar-refractivity contribution in [2.24, 2.45) is 0 Å². The van der Waals surface area contributed by atoms with Crippen LogP contribution in [-0.4, -0.2) is 35.7 Å². The molecule has 0 N–H and O–H groups in total. The minimum absolute atomic E-state index is 0.306. The van der Waals surface area contributed by atoms with Gasteiger partial charge in [0.15, 0.2) is 0 Å². The predicted molar refractivity (Wildman–Crippen MR) is 63.0 cm³/mol. The highest BCUT2D eigenvalue weighted by Gasteiger charge is 2.83. The van der Waals surface area contributed by atoms with Crippen LogP contribution < -0.4 is 4.74 Å². The van der Waals surface area contributed by atoms with Gasteiger partial charge in [-0.05, 0) is 24.3 Å². The molecule has 140 valence electrons. The molecule has 0 amide bonds. The average molecular weight is 382 g/mol. The van der Waals surface area contributed by atoms with E-state index in [2.05, 4.69) is 4.74 Å². The van der Waals surface area contributed by atoms with Crippen LogP contribution in [-0.2, 0) is 4.79 Å². The quantitative estimate of drug-likeness (QED) is 0.331. The van der Waals surface area contributed by atoms with Crippen LogP contribution in [0.1, 0.15) is 17.3 Å². The second-order valence-electron chi connectivity index (χ2n) is 4.67. The molecule has 0 aliphatic carbocycles. The summed E-state index contributed by atoms with van der Waals surface area (Å²) < 4.78 is 119. The second-order valence-corrected chi connectivity index (χ2v) is 4.67. The first-order valence-electron chi connectivity index (χ1n) is 6.09. The van der Waals surface area contributed by atoms with Gasteiger partial charge in [0, 0.05) is 12.5 Å². The van der Waals surface area contributed by atoms with E-state index < -0.39 is 41.3 Å². The Labute approximate surface area is 133 Å². The molecule has 0 atom stereocenters. The van der Waals surface area contributed by atoms with Crippen LogP contribution in [0.4, 0.5) is 39.5 Å². The molecule has 0 spiro atoms. The number of hydrogen-bond acceptors (Lipinski definition) is 3. The van der Waals surface area contributed by atoms with Crippen molar-refractivity contribution in [3.05, 3.63) is 29.8 Å². The summed E-state index contributed by atoms with van der Waals surface area (Å²) in [6.45, 7) is 0.951. The van der Waals surface area contributed by atoms with Gasteiger partial charge in [-0.2, -0.15) is 39.5 Å². The predicted octanol–water partition coefficient (Wildman–Crippen LogP) is 4.26. The van der Waals surface area contributed by atoms with E-state index in [4.69, 9.17) is 0 Å². The van der Waals surface area contributed by atoms with E-state index in [1.165, 1.54) is 0 Å². The first-order chi connectivity index (χ1) is 11.1. The van der Waals surface area contributed by atoms with Gasteiger partial charge in [-0.25, -0.2) is 0 Å². The average Bonchev–Trinajstić information content (AvgIpc) is 2.45. The molecule has 0 aliphatic heterocycles. The minimum Gasteiger partial charge on any atom is -0.427 e. The third kappa shape index (κ3) is 3.56. The zero-order valence-electron chi connectivity index (χ0n) is 11.9. The van der Waals surface area contributed by atoms with Crippen molar-refractivity contribution in [3.8, 4) is 5.75 Å². The Hall–Kier alpha value is -2.27. The highest BCUT2D eigenvalue weighted by Crippen LogP contribution is 2.53. The van der Waals surface area contributed by atoms with Gasteiger partial charge in [-0.1, -0.05) is 0 Å².